The molecule has 0 aliphatic carbocycles. The summed E-state index contributed by atoms with van der Waals surface area (Å²) >= 11 is 0. The van der Waals surface area contributed by atoms with Gasteiger partial charge in [-0.25, -0.2) is 4.79 Å². The Morgan fingerprint density at radius 2 is 1.61 bits per heavy atom. The Balaban J connectivity index is 1.31. The SMILES string of the molecule is CCOC(=O)n1nc(NC(=O)c2ccc(N3CCN(C(C)C)CC3)cc2)c2c1CN(C(=O)[C@H](C)c1ccccc1)C2. The zero-order valence-electron chi connectivity index (χ0n) is 24.2. The summed E-state index contributed by atoms with van der Waals surface area (Å²) in [7, 11) is 0. The standard InChI is InChI=1S/C31H38N6O4/c1-5-41-31(40)37-27-20-36(30(39)22(4)23-9-7-6-8-10-23)19-26(27)28(33-37)32-29(38)24-11-13-25(14-12-24)35-17-15-34(16-18-35)21(2)3/h6-14,21-22H,5,15-20H2,1-4H3,(H,32,33,38)/t22-/m1/s1. The Bertz CT molecular complexity index is 1390. The molecular formula is C31H38N6O4. The summed E-state index contributed by atoms with van der Waals surface area (Å²) in [6.45, 7) is 12.6. The Hall–Kier alpha value is -4.18. The van der Waals surface area contributed by atoms with Gasteiger partial charge in [-0.2, -0.15) is 4.68 Å². The summed E-state index contributed by atoms with van der Waals surface area (Å²) < 4.78 is 6.36. The Morgan fingerprint density at radius 1 is 0.927 bits per heavy atom. The quantitative estimate of drug-likeness (QED) is 0.461. The van der Waals surface area contributed by atoms with Gasteiger partial charge in [0.25, 0.3) is 5.91 Å². The molecule has 3 heterocycles. The molecular weight excluding hydrogens is 520 g/mol. The van der Waals surface area contributed by atoms with Crippen molar-refractivity contribution in [3.63, 3.8) is 0 Å². The second kappa shape index (κ2) is 12.1. The third kappa shape index (κ3) is 5.97. The minimum atomic E-state index is -0.642. The number of ether oxygens (including phenoxy) is 1. The van der Waals surface area contributed by atoms with Gasteiger partial charge in [-0.3, -0.25) is 14.5 Å². The van der Waals surface area contributed by atoms with Gasteiger partial charge in [0.2, 0.25) is 5.91 Å². The van der Waals surface area contributed by atoms with Gasteiger partial charge in [0.15, 0.2) is 5.82 Å². The van der Waals surface area contributed by atoms with Crippen LogP contribution >= 0.6 is 0 Å². The van der Waals surface area contributed by atoms with Crippen molar-refractivity contribution in [2.24, 2.45) is 0 Å². The number of hydrogen-bond donors (Lipinski definition) is 1. The van der Waals surface area contributed by atoms with Crippen LogP contribution in [0.1, 0.15) is 60.8 Å². The third-order valence-corrected chi connectivity index (χ3v) is 7.97. The first-order valence-corrected chi connectivity index (χ1v) is 14.3. The number of amides is 2. The lowest BCUT2D eigenvalue weighted by molar-refractivity contribution is -0.133. The molecule has 0 saturated carbocycles. The Morgan fingerprint density at radius 3 is 2.24 bits per heavy atom. The van der Waals surface area contributed by atoms with Crippen molar-refractivity contribution >= 4 is 29.4 Å². The lowest BCUT2D eigenvalue weighted by atomic mass is 10.00. The minimum Gasteiger partial charge on any atom is -0.448 e. The number of carbonyl (C=O) groups is 3. The second-order valence-corrected chi connectivity index (χ2v) is 10.8. The molecule has 2 aromatic carbocycles. The van der Waals surface area contributed by atoms with E-state index in [9.17, 15) is 14.4 Å². The van der Waals surface area contributed by atoms with E-state index in [2.05, 4.69) is 34.1 Å². The fourth-order valence-corrected chi connectivity index (χ4v) is 5.49. The van der Waals surface area contributed by atoms with Gasteiger partial charge in [-0.1, -0.05) is 30.3 Å². The first-order chi connectivity index (χ1) is 19.8. The highest BCUT2D eigenvalue weighted by molar-refractivity contribution is 6.04. The summed E-state index contributed by atoms with van der Waals surface area (Å²) in [5.41, 5.74) is 3.67. The number of nitrogens with one attached hydrogen (secondary N) is 1. The number of aromatic nitrogens is 2. The number of hydrogen-bond acceptors (Lipinski definition) is 7. The van der Waals surface area contributed by atoms with Gasteiger partial charge >= 0.3 is 6.09 Å². The van der Waals surface area contributed by atoms with E-state index < -0.39 is 6.09 Å². The first-order valence-electron chi connectivity index (χ1n) is 14.3. The molecule has 2 aliphatic rings. The normalized spacial score (nSPS) is 16.0. The molecule has 1 fully saturated rings. The van der Waals surface area contributed by atoms with Gasteiger partial charge < -0.3 is 19.9 Å². The van der Waals surface area contributed by atoms with Crippen LogP contribution in [0, 0.1) is 0 Å². The van der Waals surface area contributed by atoms with Crippen LogP contribution in [-0.4, -0.2) is 76.3 Å². The van der Waals surface area contributed by atoms with Crippen molar-refractivity contribution in [3.8, 4) is 0 Å². The van der Waals surface area contributed by atoms with Crippen LogP contribution in [0.15, 0.2) is 54.6 Å². The van der Waals surface area contributed by atoms with Crippen LogP contribution in [0.25, 0.3) is 0 Å². The van der Waals surface area contributed by atoms with Gasteiger partial charge in [-0.15, -0.1) is 5.10 Å². The molecule has 10 heteroatoms. The zero-order chi connectivity index (χ0) is 29.1. The van der Waals surface area contributed by atoms with Crippen LogP contribution in [0.4, 0.5) is 16.3 Å². The van der Waals surface area contributed by atoms with Crippen molar-refractivity contribution in [1.29, 1.82) is 0 Å². The Labute approximate surface area is 240 Å². The highest BCUT2D eigenvalue weighted by atomic mass is 16.6. The summed E-state index contributed by atoms with van der Waals surface area (Å²) in [6.07, 6.45) is -0.642. The predicted octanol–water partition coefficient (Wildman–Crippen LogP) is 4.32. The van der Waals surface area contributed by atoms with Gasteiger partial charge in [0.05, 0.1) is 31.3 Å². The fourth-order valence-electron chi connectivity index (χ4n) is 5.49. The number of benzene rings is 2. The number of carbonyl (C=O) groups excluding carboxylic acids is 3. The molecule has 1 aromatic heterocycles. The highest BCUT2D eigenvalue weighted by Gasteiger charge is 2.35. The summed E-state index contributed by atoms with van der Waals surface area (Å²) in [5.74, 6) is -0.492. The van der Waals surface area contributed by atoms with Crippen LogP contribution in [0.3, 0.4) is 0 Å². The monoisotopic (exact) mass is 558 g/mol. The average Bonchev–Trinajstić information content (AvgIpc) is 3.57. The predicted molar refractivity (Wildman–Crippen MR) is 157 cm³/mol. The molecule has 41 heavy (non-hydrogen) atoms. The fraction of sp³-hybridized carbons (Fsp3) is 0.419. The zero-order valence-corrected chi connectivity index (χ0v) is 24.2. The lowest BCUT2D eigenvalue weighted by Gasteiger charge is -2.38. The van der Waals surface area contributed by atoms with Crippen molar-refractivity contribution in [2.75, 3.05) is 43.0 Å². The molecule has 10 nitrogen and oxygen atoms in total. The molecule has 1 N–H and O–H groups in total. The van der Waals surface area contributed by atoms with Gasteiger partial charge in [0.1, 0.15) is 0 Å². The molecule has 0 radical (unpaired) electrons. The van der Waals surface area contributed by atoms with Crippen LogP contribution in [-0.2, 0) is 22.6 Å². The number of anilines is 2. The van der Waals surface area contributed by atoms with Gasteiger partial charge in [-0.05, 0) is 57.5 Å². The molecule has 2 amide bonds. The maximum atomic E-state index is 13.4. The van der Waals surface area contributed by atoms with Crippen molar-refractivity contribution in [3.05, 3.63) is 77.0 Å². The van der Waals surface area contributed by atoms with E-state index in [0.717, 1.165) is 42.1 Å². The number of rotatable bonds is 7. The van der Waals surface area contributed by atoms with Crippen molar-refractivity contribution in [1.82, 2.24) is 19.6 Å². The first kappa shape index (κ1) is 28.4. The van der Waals surface area contributed by atoms with Gasteiger partial charge in [0, 0.05) is 49.0 Å². The molecule has 1 atom stereocenters. The lowest BCUT2D eigenvalue weighted by Crippen LogP contribution is -2.48. The molecule has 0 bridgehead atoms. The van der Waals surface area contributed by atoms with Crippen molar-refractivity contribution in [2.45, 2.75) is 52.7 Å². The van der Waals surface area contributed by atoms with Crippen LogP contribution in [0.5, 0.6) is 0 Å². The molecule has 1 saturated heterocycles. The van der Waals surface area contributed by atoms with E-state index in [-0.39, 0.29) is 43.2 Å². The van der Waals surface area contributed by atoms with E-state index in [1.807, 2.05) is 49.4 Å². The Kier molecular flexibility index (Phi) is 8.39. The van der Waals surface area contributed by atoms with Crippen LogP contribution in [0.2, 0.25) is 0 Å². The molecule has 216 valence electrons. The summed E-state index contributed by atoms with van der Waals surface area (Å²) in [4.78, 5) is 45.8. The third-order valence-electron chi connectivity index (χ3n) is 7.97. The smallest absolute Gasteiger partial charge is 0.435 e. The van der Waals surface area contributed by atoms with Crippen LogP contribution < -0.4 is 10.2 Å². The number of nitrogens with zero attached hydrogens (tertiary/aromatic N) is 5. The molecule has 3 aromatic rings. The second-order valence-electron chi connectivity index (χ2n) is 10.8. The largest absolute Gasteiger partial charge is 0.448 e. The van der Waals surface area contributed by atoms with Crippen molar-refractivity contribution < 1.29 is 19.1 Å². The maximum Gasteiger partial charge on any atom is 0.435 e. The molecule has 2 aliphatic heterocycles. The molecule has 0 unspecified atom stereocenters. The van der Waals surface area contributed by atoms with E-state index in [1.165, 1.54) is 0 Å². The average molecular weight is 559 g/mol. The maximum absolute atomic E-state index is 13.4. The minimum absolute atomic E-state index is 0.0649. The number of fused-ring (bicyclic) bond motifs is 1. The number of piperazine rings is 1. The highest BCUT2D eigenvalue weighted by Crippen LogP contribution is 2.32. The van der Waals surface area contributed by atoms with E-state index in [4.69, 9.17) is 4.74 Å². The molecule has 0 spiro atoms. The van der Waals surface area contributed by atoms with E-state index in [0.29, 0.717) is 22.9 Å². The van der Waals surface area contributed by atoms with E-state index >= 15 is 0 Å². The summed E-state index contributed by atoms with van der Waals surface area (Å²) in [5, 5.41) is 7.26. The topological polar surface area (TPSA) is 100 Å². The molecule has 5 rings (SSSR count). The summed E-state index contributed by atoms with van der Waals surface area (Å²) in [6, 6.07) is 17.7. The van der Waals surface area contributed by atoms with E-state index in [1.54, 1.807) is 24.0 Å².